The molecule has 2 aliphatic heterocycles. The van der Waals surface area contributed by atoms with E-state index >= 15 is 0 Å². The summed E-state index contributed by atoms with van der Waals surface area (Å²) in [6, 6.07) is 11.6. The molecule has 1 amide bonds. The van der Waals surface area contributed by atoms with Gasteiger partial charge in [-0.3, -0.25) is 14.6 Å². The lowest BCUT2D eigenvalue weighted by Crippen LogP contribution is -2.41. The van der Waals surface area contributed by atoms with E-state index in [0.717, 1.165) is 25.2 Å². The minimum absolute atomic E-state index is 0.0411. The maximum absolute atomic E-state index is 13.1. The number of rotatable bonds is 4. The van der Waals surface area contributed by atoms with E-state index in [9.17, 15) is 4.79 Å². The highest BCUT2D eigenvalue weighted by Crippen LogP contribution is 2.54. The third-order valence-corrected chi connectivity index (χ3v) is 7.60. The van der Waals surface area contributed by atoms with Crippen molar-refractivity contribution in [1.29, 1.82) is 0 Å². The number of carbonyl (C=O) groups is 1. The number of anilines is 3. The van der Waals surface area contributed by atoms with Gasteiger partial charge in [0.1, 0.15) is 5.56 Å². The SMILES string of the molecule is CCN1CCc2cc(Nc3ncc4c(n3)OCN(c3c(Cl)cccc3Cl)C4=O)ccc2C12CC2. The van der Waals surface area contributed by atoms with Gasteiger partial charge in [0.2, 0.25) is 11.8 Å². The molecule has 9 heteroatoms. The highest BCUT2D eigenvalue weighted by Gasteiger charge is 2.51. The van der Waals surface area contributed by atoms with Crippen molar-refractivity contribution in [2.75, 3.05) is 30.0 Å². The number of carbonyl (C=O) groups excluding carboxylic acids is 1. The van der Waals surface area contributed by atoms with Crippen molar-refractivity contribution in [3.05, 3.63) is 69.3 Å². The largest absolute Gasteiger partial charge is 0.455 e. The van der Waals surface area contributed by atoms with Crippen LogP contribution >= 0.6 is 23.2 Å². The number of para-hydroxylation sites is 1. The molecule has 1 aromatic heterocycles. The summed E-state index contributed by atoms with van der Waals surface area (Å²) in [7, 11) is 0. The highest BCUT2D eigenvalue weighted by molar-refractivity contribution is 6.40. The number of ether oxygens (including phenoxy) is 1. The summed E-state index contributed by atoms with van der Waals surface area (Å²) in [4.78, 5) is 25.9. The molecule has 0 unspecified atom stereocenters. The van der Waals surface area contributed by atoms with Gasteiger partial charge < -0.3 is 10.1 Å². The molecular formula is C25H23Cl2N5O2. The van der Waals surface area contributed by atoms with Gasteiger partial charge in [-0.15, -0.1) is 0 Å². The van der Waals surface area contributed by atoms with E-state index in [1.165, 1.54) is 35.1 Å². The van der Waals surface area contributed by atoms with Crippen molar-refractivity contribution in [1.82, 2.24) is 14.9 Å². The average molecular weight is 496 g/mol. The maximum Gasteiger partial charge on any atom is 0.268 e. The number of fused-ring (bicyclic) bond motifs is 3. The normalized spacial score (nSPS) is 18.3. The van der Waals surface area contributed by atoms with Crippen LogP contribution in [0.25, 0.3) is 0 Å². The van der Waals surface area contributed by atoms with Crippen molar-refractivity contribution < 1.29 is 9.53 Å². The van der Waals surface area contributed by atoms with E-state index in [1.807, 2.05) is 0 Å². The molecule has 0 atom stereocenters. The second kappa shape index (κ2) is 8.12. The molecule has 1 aliphatic carbocycles. The summed E-state index contributed by atoms with van der Waals surface area (Å²) < 4.78 is 5.79. The first-order valence-electron chi connectivity index (χ1n) is 11.4. The van der Waals surface area contributed by atoms with Gasteiger partial charge in [0.05, 0.1) is 15.7 Å². The molecule has 1 saturated carbocycles. The van der Waals surface area contributed by atoms with E-state index in [1.54, 1.807) is 18.2 Å². The molecule has 1 spiro atoms. The van der Waals surface area contributed by atoms with Crippen molar-refractivity contribution in [2.24, 2.45) is 0 Å². The molecule has 174 valence electrons. The number of aromatic nitrogens is 2. The number of halogens is 2. The smallest absolute Gasteiger partial charge is 0.268 e. The molecule has 2 aromatic carbocycles. The number of hydrogen-bond acceptors (Lipinski definition) is 6. The van der Waals surface area contributed by atoms with Gasteiger partial charge in [-0.1, -0.05) is 42.3 Å². The van der Waals surface area contributed by atoms with E-state index in [-0.39, 0.29) is 29.6 Å². The van der Waals surface area contributed by atoms with Crippen molar-refractivity contribution in [2.45, 2.75) is 31.7 Å². The van der Waals surface area contributed by atoms with Crippen LogP contribution in [0.5, 0.6) is 5.88 Å². The van der Waals surface area contributed by atoms with Crippen LogP contribution in [-0.2, 0) is 12.0 Å². The molecule has 34 heavy (non-hydrogen) atoms. The third-order valence-electron chi connectivity index (χ3n) is 6.99. The quantitative estimate of drug-likeness (QED) is 0.522. The molecule has 6 rings (SSSR count). The van der Waals surface area contributed by atoms with Crippen molar-refractivity contribution >= 4 is 46.4 Å². The van der Waals surface area contributed by atoms with Crippen molar-refractivity contribution in [3.8, 4) is 5.88 Å². The van der Waals surface area contributed by atoms with Crippen LogP contribution in [0.1, 0.15) is 41.3 Å². The summed E-state index contributed by atoms with van der Waals surface area (Å²) in [5, 5.41) is 4.01. The topological polar surface area (TPSA) is 70.6 Å². The van der Waals surface area contributed by atoms with Gasteiger partial charge >= 0.3 is 0 Å². The summed E-state index contributed by atoms with van der Waals surface area (Å²) in [6.45, 7) is 4.37. The summed E-state index contributed by atoms with van der Waals surface area (Å²) in [6.07, 6.45) is 4.97. The van der Waals surface area contributed by atoms with Crippen LogP contribution < -0.4 is 15.0 Å². The molecule has 0 bridgehead atoms. The average Bonchev–Trinajstić information content (AvgIpc) is 3.61. The van der Waals surface area contributed by atoms with Gasteiger partial charge in [0.25, 0.3) is 5.91 Å². The van der Waals surface area contributed by atoms with E-state index in [0.29, 0.717) is 21.7 Å². The zero-order valence-corrected chi connectivity index (χ0v) is 20.2. The lowest BCUT2D eigenvalue weighted by Gasteiger charge is -2.37. The Balaban J connectivity index is 1.24. The number of hydrogen-bond donors (Lipinski definition) is 1. The summed E-state index contributed by atoms with van der Waals surface area (Å²) >= 11 is 12.6. The van der Waals surface area contributed by atoms with Crippen LogP contribution in [0.2, 0.25) is 10.0 Å². The Kier molecular flexibility index (Phi) is 5.17. The van der Waals surface area contributed by atoms with Gasteiger partial charge in [0, 0.05) is 24.0 Å². The second-order valence-electron chi connectivity index (χ2n) is 8.85. The minimum atomic E-state index is -0.313. The van der Waals surface area contributed by atoms with Crippen LogP contribution in [0.3, 0.4) is 0 Å². The van der Waals surface area contributed by atoms with Crippen LogP contribution in [0.4, 0.5) is 17.3 Å². The maximum atomic E-state index is 13.1. The molecule has 0 radical (unpaired) electrons. The number of amides is 1. The molecule has 1 N–H and O–H groups in total. The lowest BCUT2D eigenvalue weighted by molar-refractivity contribution is 0.0932. The highest BCUT2D eigenvalue weighted by atomic mass is 35.5. The molecule has 3 aliphatic rings. The lowest BCUT2D eigenvalue weighted by atomic mass is 9.90. The Labute approximate surface area is 207 Å². The van der Waals surface area contributed by atoms with Crippen LogP contribution in [0, 0.1) is 0 Å². The first kappa shape index (κ1) is 21.6. The summed E-state index contributed by atoms with van der Waals surface area (Å²) in [5.41, 5.74) is 4.66. The predicted molar refractivity (Wildman–Crippen MR) is 132 cm³/mol. The fourth-order valence-corrected chi connectivity index (χ4v) is 5.79. The predicted octanol–water partition coefficient (Wildman–Crippen LogP) is 5.39. The van der Waals surface area contributed by atoms with E-state index in [4.69, 9.17) is 27.9 Å². The van der Waals surface area contributed by atoms with Crippen LogP contribution in [-0.4, -0.2) is 40.6 Å². The van der Waals surface area contributed by atoms with Gasteiger partial charge in [-0.25, -0.2) is 4.98 Å². The van der Waals surface area contributed by atoms with E-state index in [2.05, 4.69) is 45.3 Å². The first-order chi connectivity index (χ1) is 16.5. The molecule has 7 nitrogen and oxygen atoms in total. The third kappa shape index (κ3) is 3.42. The van der Waals surface area contributed by atoms with Gasteiger partial charge in [-0.05, 0) is 61.2 Å². The van der Waals surface area contributed by atoms with Gasteiger partial charge in [-0.2, -0.15) is 4.98 Å². The fourth-order valence-electron chi connectivity index (χ4n) is 5.19. The molecule has 0 saturated heterocycles. The van der Waals surface area contributed by atoms with Crippen molar-refractivity contribution in [3.63, 3.8) is 0 Å². The Hall–Kier alpha value is -2.87. The number of benzene rings is 2. The molecule has 3 aromatic rings. The molecule has 3 heterocycles. The monoisotopic (exact) mass is 495 g/mol. The summed E-state index contributed by atoms with van der Waals surface area (Å²) in [5.74, 6) is 0.296. The van der Waals surface area contributed by atoms with E-state index < -0.39 is 0 Å². The van der Waals surface area contributed by atoms with Crippen LogP contribution in [0.15, 0.2) is 42.6 Å². The number of nitrogens with zero attached hydrogens (tertiary/aromatic N) is 4. The molecular weight excluding hydrogens is 473 g/mol. The first-order valence-corrected chi connectivity index (χ1v) is 12.2. The standard InChI is InChI=1S/C25H23Cl2N5O2/c1-2-31-11-8-15-12-16(6-7-18(15)25(31)9-10-25)29-24-28-13-17-22(30-24)34-14-32(23(17)33)21-19(26)4-3-5-20(21)27/h3-7,12-13H,2,8-11,14H2,1H3,(H,28,29,30). The Morgan fingerprint density at radius 1 is 1.18 bits per heavy atom. The number of nitrogens with one attached hydrogen (secondary N) is 1. The Morgan fingerprint density at radius 3 is 2.71 bits per heavy atom. The fraction of sp³-hybridized carbons (Fsp3) is 0.320. The van der Waals surface area contributed by atoms with Gasteiger partial charge in [0.15, 0.2) is 6.73 Å². The Bertz CT molecular complexity index is 1290. The number of likely N-dealkylation sites (N-methyl/N-ethyl adjacent to an activating group) is 1. The second-order valence-corrected chi connectivity index (χ2v) is 9.66. The minimum Gasteiger partial charge on any atom is -0.455 e. The zero-order valence-electron chi connectivity index (χ0n) is 18.6. The molecule has 1 fully saturated rings. The Morgan fingerprint density at radius 2 is 1.97 bits per heavy atom. The zero-order chi connectivity index (χ0) is 23.4.